The highest BCUT2D eigenvalue weighted by molar-refractivity contribution is 5.34. The van der Waals surface area contributed by atoms with Crippen molar-refractivity contribution < 1.29 is 4.79 Å². The molecule has 1 aliphatic rings. The maximum atomic E-state index is 10.1. The van der Waals surface area contributed by atoms with Crippen LogP contribution in [0.3, 0.4) is 0 Å². The van der Waals surface area contributed by atoms with Crippen molar-refractivity contribution in [1.82, 2.24) is 0 Å². The first-order valence-electron chi connectivity index (χ1n) is 4.74. The predicted octanol–water partition coefficient (Wildman–Crippen LogP) is 2.04. The highest BCUT2D eigenvalue weighted by Gasteiger charge is 2.26. The van der Waals surface area contributed by atoms with E-state index < -0.39 is 6.04 Å². The fraction of sp³-hybridized carbons (Fsp3) is 0.800. The molecule has 70 valence electrons. The van der Waals surface area contributed by atoms with Gasteiger partial charge in [0.05, 0.1) is 6.07 Å². The Hall–Kier alpha value is -1.13. The fourth-order valence-corrected chi connectivity index (χ4v) is 2.06. The summed E-state index contributed by atoms with van der Waals surface area (Å²) in [5.74, 6) is 0.937. The van der Waals surface area contributed by atoms with Gasteiger partial charge >= 0.3 is 0 Å². The van der Waals surface area contributed by atoms with E-state index in [1.807, 2.05) is 0 Å². The van der Waals surface area contributed by atoms with Crippen LogP contribution in [0.4, 0.5) is 0 Å². The van der Waals surface area contributed by atoms with Crippen LogP contribution in [-0.2, 0) is 4.79 Å². The first kappa shape index (κ1) is 9.95. The van der Waals surface area contributed by atoms with Crippen molar-refractivity contribution in [3.05, 3.63) is 0 Å². The van der Waals surface area contributed by atoms with Gasteiger partial charge in [0.1, 0.15) is 0 Å². The minimum absolute atomic E-state index is 0.273. The molecule has 0 aromatic carbocycles. The average molecular weight is 178 g/mol. The summed E-state index contributed by atoms with van der Waals surface area (Å²) in [7, 11) is 0. The molecule has 0 N–H and O–H groups in total. The molecule has 1 fully saturated rings. The fourth-order valence-electron chi connectivity index (χ4n) is 2.06. The van der Waals surface area contributed by atoms with Gasteiger partial charge in [-0.2, -0.15) is 10.3 Å². The van der Waals surface area contributed by atoms with Gasteiger partial charge in [0.25, 0.3) is 0 Å². The molecule has 0 heterocycles. The van der Waals surface area contributed by atoms with Crippen molar-refractivity contribution in [3.63, 3.8) is 0 Å². The zero-order chi connectivity index (χ0) is 9.68. The van der Waals surface area contributed by atoms with E-state index in [9.17, 15) is 4.79 Å². The number of rotatable bonds is 2. The van der Waals surface area contributed by atoms with Crippen LogP contribution in [0.5, 0.6) is 0 Å². The second-order valence-corrected chi connectivity index (χ2v) is 3.83. The van der Waals surface area contributed by atoms with Crippen molar-refractivity contribution in [2.75, 3.05) is 0 Å². The van der Waals surface area contributed by atoms with Crippen LogP contribution >= 0.6 is 0 Å². The molecule has 1 aliphatic carbocycles. The van der Waals surface area contributed by atoms with Crippen LogP contribution in [0.1, 0.15) is 32.6 Å². The normalized spacial score (nSPS) is 29.8. The summed E-state index contributed by atoms with van der Waals surface area (Å²) < 4.78 is 0. The quantitative estimate of drug-likeness (QED) is 0.480. The standard InChI is InChI=1S/C10H14N2O/c1-8-3-2-4-9(5-8)10(6-11)12-7-13/h8-10H,2-5H2,1H3. The molecule has 3 unspecified atom stereocenters. The molecule has 3 atom stereocenters. The van der Waals surface area contributed by atoms with Gasteiger partial charge in [0.15, 0.2) is 6.04 Å². The molecular formula is C10H14N2O. The number of hydrogen-bond acceptors (Lipinski definition) is 3. The van der Waals surface area contributed by atoms with Crippen LogP contribution in [-0.4, -0.2) is 12.1 Å². The largest absolute Gasteiger partial charge is 0.236 e. The molecular weight excluding hydrogens is 164 g/mol. The second kappa shape index (κ2) is 4.79. The lowest BCUT2D eigenvalue weighted by Gasteiger charge is -2.27. The summed E-state index contributed by atoms with van der Waals surface area (Å²) in [6.07, 6.45) is 5.91. The summed E-state index contributed by atoms with van der Waals surface area (Å²) >= 11 is 0. The summed E-state index contributed by atoms with van der Waals surface area (Å²) in [5, 5.41) is 8.77. The summed E-state index contributed by atoms with van der Waals surface area (Å²) in [6.45, 7) is 2.19. The Balaban J connectivity index is 2.58. The number of carbonyl (C=O) groups excluding carboxylic acids is 1. The first-order chi connectivity index (χ1) is 6.27. The highest BCUT2D eigenvalue weighted by Crippen LogP contribution is 2.31. The Morgan fingerprint density at radius 2 is 2.31 bits per heavy atom. The minimum Gasteiger partial charge on any atom is -0.211 e. The van der Waals surface area contributed by atoms with Gasteiger partial charge < -0.3 is 0 Å². The summed E-state index contributed by atoms with van der Waals surface area (Å²) in [4.78, 5) is 13.6. The van der Waals surface area contributed by atoms with Crippen LogP contribution < -0.4 is 0 Å². The molecule has 3 nitrogen and oxygen atoms in total. The third-order valence-corrected chi connectivity index (χ3v) is 2.75. The van der Waals surface area contributed by atoms with Gasteiger partial charge in [0, 0.05) is 0 Å². The molecule has 0 spiro atoms. The summed E-state index contributed by atoms with van der Waals surface area (Å²) in [5.41, 5.74) is 0. The van der Waals surface area contributed by atoms with Crippen LogP contribution in [0.25, 0.3) is 0 Å². The first-order valence-corrected chi connectivity index (χ1v) is 4.74. The molecule has 0 aromatic rings. The van der Waals surface area contributed by atoms with E-state index >= 15 is 0 Å². The van der Waals surface area contributed by atoms with Gasteiger partial charge in [-0.3, -0.25) is 0 Å². The lowest BCUT2D eigenvalue weighted by Crippen LogP contribution is -2.23. The van der Waals surface area contributed by atoms with Crippen molar-refractivity contribution >= 4 is 6.08 Å². The topological polar surface area (TPSA) is 53.2 Å². The van der Waals surface area contributed by atoms with E-state index in [4.69, 9.17) is 5.26 Å². The molecule has 0 saturated heterocycles. The molecule has 13 heavy (non-hydrogen) atoms. The number of aliphatic imine (C=N–C) groups is 1. The van der Waals surface area contributed by atoms with Crippen molar-refractivity contribution in [2.24, 2.45) is 16.8 Å². The molecule has 1 saturated carbocycles. The van der Waals surface area contributed by atoms with Crippen molar-refractivity contribution in [2.45, 2.75) is 38.6 Å². The molecule has 0 aliphatic heterocycles. The van der Waals surface area contributed by atoms with E-state index in [1.165, 1.54) is 12.5 Å². The Labute approximate surface area is 78.5 Å². The van der Waals surface area contributed by atoms with E-state index in [0.717, 1.165) is 19.3 Å². The Bertz CT molecular complexity index is 250. The monoisotopic (exact) mass is 178 g/mol. The Kier molecular flexibility index (Phi) is 3.67. The molecule has 0 radical (unpaired) electrons. The van der Waals surface area contributed by atoms with Gasteiger partial charge in [-0.25, -0.2) is 4.79 Å². The molecule has 0 bridgehead atoms. The maximum Gasteiger partial charge on any atom is 0.236 e. The highest BCUT2D eigenvalue weighted by atomic mass is 16.1. The van der Waals surface area contributed by atoms with E-state index in [0.29, 0.717) is 5.92 Å². The molecule has 1 rings (SSSR count). The van der Waals surface area contributed by atoms with Gasteiger partial charge in [-0.15, -0.1) is 0 Å². The Morgan fingerprint density at radius 1 is 1.54 bits per heavy atom. The third-order valence-electron chi connectivity index (χ3n) is 2.75. The molecule has 3 heteroatoms. The van der Waals surface area contributed by atoms with E-state index in [1.54, 1.807) is 0 Å². The van der Waals surface area contributed by atoms with E-state index in [-0.39, 0.29) is 5.92 Å². The van der Waals surface area contributed by atoms with Crippen LogP contribution in [0.15, 0.2) is 4.99 Å². The maximum absolute atomic E-state index is 10.1. The minimum atomic E-state index is -0.458. The zero-order valence-electron chi connectivity index (χ0n) is 7.86. The molecule has 0 aromatic heterocycles. The lowest BCUT2D eigenvalue weighted by molar-refractivity contribution is 0.268. The molecule has 0 amide bonds. The number of nitriles is 1. The Morgan fingerprint density at radius 3 is 2.85 bits per heavy atom. The SMILES string of the molecule is CC1CCCC(C(C#N)N=C=O)C1. The second-order valence-electron chi connectivity index (χ2n) is 3.83. The van der Waals surface area contributed by atoms with Crippen LogP contribution in [0.2, 0.25) is 0 Å². The average Bonchev–Trinajstić information content (AvgIpc) is 2.14. The van der Waals surface area contributed by atoms with Crippen molar-refractivity contribution in [1.29, 1.82) is 5.26 Å². The zero-order valence-corrected chi connectivity index (χ0v) is 7.86. The van der Waals surface area contributed by atoms with Gasteiger partial charge in [-0.1, -0.05) is 19.8 Å². The van der Waals surface area contributed by atoms with Crippen molar-refractivity contribution in [3.8, 4) is 6.07 Å². The number of hydrogen-bond donors (Lipinski definition) is 0. The van der Waals surface area contributed by atoms with E-state index in [2.05, 4.69) is 18.0 Å². The number of isocyanates is 1. The predicted molar refractivity (Wildman–Crippen MR) is 48.6 cm³/mol. The third kappa shape index (κ3) is 2.68. The van der Waals surface area contributed by atoms with Crippen LogP contribution in [0, 0.1) is 23.2 Å². The number of nitrogens with zero attached hydrogens (tertiary/aromatic N) is 2. The van der Waals surface area contributed by atoms with Gasteiger partial charge in [-0.05, 0) is 24.7 Å². The van der Waals surface area contributed by atoms with Gasteiger partial charge in [0.2, 0.25) is 6.08 Å². The summed E-state index contributed by atoms with van der Waals surface area (Å²) in [6, 6.07) is 1.61. The smallest absolute Gasteiger partial charge is 0.211 e. The lowest BCUT2D eigenvalue weighted by atomic mass is 9.79.